The molecule has 1 aromatic rings. The van der Waals surface area contributed by atoms with E-state index in [1.54, 1.807) is 0 Å². The lowest BCUT2D eigenvalue weighted by atomic mass is 9.97. The molecule has 0 saturated heterocycles. The van der Waals surface area contributed by atoms with Gasteiger partial charge in [-0.05, 0) is 33.3 Å². The molecule has 2 rings (SSSR count). The van der Waals surface area contributed by atoms with Crippen LogP contribution in [0.15, 0.2) is 11.6 Å². The van der Waals surface area contributed by atoms with Crippen LogP contribution in [-0.2, 0) is 0 Å². The molecule has 0 aliphatic carbocycles. The van der Waals surface area contributed by atoms with Crippen molar-refractivity contribution in [3.05, 3.63) is 17.3 Å². The molecule has 1 aliphatic heterocycles. The van der Waals surface area contributed by atoms with Crippen molar-refractivity contribution in [2.24, 2.45) is 0 Å². The average Bonchev–Trinajstić information content (AvgIpc) is 2.86. The number of nitrogens with zero attached hydrogens (tertiary/aromatic N) is 3. The topological polar surface area (TPSA) is 58.5 Å². The highest BCUT2D eigenvalue weighted by atomic mass is 35.5. The molecule has 0 spiro atoms. The number of hydrogen-bond acceptors (Lipinski definition) is 6. The van der Waals surface area contributed by atoms with E-state index < -0.39 is 5.54 Å². The summed E-state index contributed by atoms with van der Waals surface area (Å²) in [4.78, 5) is 0. The van der Waals surface area contributed by atoms with Crippen LogP contribution in [0.3, 0.4) is 0 Å². The maximum atomic E-state index is 10.3. The monoisotopic (exact) mass is 333 g/mol. The molecule has 0 aromatic carbocycles. The second-order valence-electron chi connectivity index (χ2n) is 6.59. The SMILES string of the molecule is CC(C)c1nsnc1OCC1=CC(C)(C)N(O)C1(C)C.Cl. The van der Waals surface area contributed by atoms with Gasteiger partial charge in [0, 0.05) is 5.92 Å². The number of hydrogen-bond donors (Lipinski definition) is 1. The highest BCUT2D eigenvalue weighted by molar-refractivity contribution is 6.99. The summed E-state index contributed by atoms with van der Waals surface area (Å²) in [5.74, 6) is 0.899. The third-order valence-electron chi connectivity index (χ3n) is 3.78. The Bertz CT molecular complexity index is 526. The largest absolute Gasteiger partial charge is 0.471 e. The number of halogens is 1. The van der Waals surface area contributed by atoms with Gasteiger partial charge >= 0.3 is 0 Å². The van der Waals surface area contributed by atoms with Crippen LogP contribution in [0.1, 0.15) is 53.2 Å². The quantitative estimate of drug-likeness (QED) is 0.852. The summed E-state index contributed by atoms with van der Waals surface area (Å²) in [6.07, 6.45) is 2.06. The van der Waals surface area contributed by atoms with Gasteiger partial charge in [0.15, 0.2) is 0 Å². The lowest BCUT2D eigenvalue weighted by molar-refractivity contribution is -0.185. The van der Waals surface area contributed by atoms with E-state index in [-0.39, 0.29) is 17.9 Å². The maximum absolute atomic E-state index is 10.3. The van der Waals surface area contributed by atoms with Crippen molar-refractivity contribution in [2.75, 3.05) is 6.61 Å². The zero-order valence-corrected chi connectivity index (χ0v) is 15.0. The van der Waals surface area contributed by atoms with Gasteiger partial charge in [-0.2, -0.15) is 9.44 Å². The fourth-order valence-electron chi connectivity index (χ4n) is 2.52. The van der Waals surface area contributed by atoms with Crippen molar-refractivity contribution in [2.45, 2.75) is 58.5 Å². The lowest BCUT2D eigenvalue weighted by Gasteiger charge is -2.36. The van der Waals surface area contributed by atoms with Crippen LogP contribution in [0.2, 0.25) is 0 Å². The van der Waals surface area contributed by atoms with Crippen molar-refractivity contribution < 1.29 is 9.94 Å². The normalized spacial score (nSPS) is 20.3. The van der Waals surface area contributed by atoms with Crippen molar-refractivity contribution in [1.29, 1.82) is 0 Å². The van der Waals surface area contributed by atoms with Gasteiger partial charge in [-0.1, -0.05) is 19.9 Å². The summed E-state index contributed by atoms with van der Waals surface area (Å²) < 4.78 is 14.3. The molecule has 21 heavy (non-hydrogen) atoms. The van der Waals surface area contributed by atoms with Gasteiger partial charge in [-0.25, -0.2) is 0 Å². The first-order valence-electron chi connectivity index (χ1n) is 6.83. The van der Waals surface area contributed by atoms with E-state index in [0.29, 0.717) is 18.4 Å². The number of rotatable bonds is 4. The van der Waals surface area contributed by atoms with E-state index >= 15 is 0 Å². The summed E-state index contributed by atoms with van der Waals surface area (Å²) >= 11 is 1.17. The molecule has 0 unspecified atom stereocenters. The van der Waals surface area contributed by atoms with Gasteiger partial charge in [0.2, 0.25) is 5.88 Å². The van der Waals surface area contributed by atoms with Crippen molar-refractivity contribution in [3.63, 3.8) is 0 Å². The molecule has 120 valence electrons. The molecule has 7 heteroatoms. The third kappa shape index (κ3) is 3.39. The van der Waals surface area contributed by atoms with Crippen LogP contribution < -0.4 is 4.74 Å². The highest BCUT2D eigenvalue weighted by Crippen LogP contribution is 2.38. The van der Waals surface area contributed by atoms with Crippen LogP contribution in [0.25, 0.3) is 0 Å². The zero-order chi connectivity index (χ0) is 15.1. The molecule has 0 amide bonds. The smallest absolute Gasteiger partial charge is 0.249 e. The van der Waals surface area contributed by atoms with E-state index in [1.165, 1.54) is 16.8 Å². The van der Waals surface area contributed by atoms with Gasteiger partial charge < -0.3 is 9.94 Å². The van der Waals surface area contributed by atoms with E-state index in [0.717, 1.165) is 11.3 Å². The molecule has 5 nitrogen and oxygen atoms in total. The standard InChI is InChI=1S/C14H23N3O2S.ClH/c1-9(2)11-12(16-20-15-11)19-8-10-7-13(3,4)17(18)14(10,5)6;/h7,9,18H,8H2,1-6H3;1H. The minimum Gasteiger partial charge on any atom is -0.471 e. The van der Waals surface area contributed by atoms with Gasteiger partial charge in [0.25, 0.3) is 0 Å². The Morgan fingerprint density at radius 3 is 2.38 bits per heavy atom. The van der Waals surface area contributed by atoms with Crippen molar-refractivity contribution in [1.82, 2.24) is 13.8 Å². The second kappa shape index (κ2) is 6.20. The Kier molecular flexibility index (Phi) is 5.42. The molecule has 1 aliphatic rings. The fourth-order valence-corrected chi connectivity index (χ4v) is 3.16. The average molecular weight is 334 g/mol. The molecule has 0 atom stereocenters. The molecule has 0 fully saturated rings. The molecule has 2 heterocycles. The number of aromatic nitrogens is 2. The minimum atomic E-state index is -0.440. The Balaban J connectivity index is 0.00000220. The van der Waals surface area contributed by atoms with Crippen LogP contribution in [0.5, 0.6) is 5.88 Å². The van der Waals surface area contributed by atoms with Gasteiger partial charge in [-0.15, -0.1) is 16.8 Å². The zero-order valence-electron chi connectivity index (χ0n) is 13.4. The maximum Gasteiger partial charge on any atom is 0.249 e. The van der Waals surface area contributed by atoms with Crippen molar-refractivity contribution in [3.8, 4) is 5.88 Å². The first-order valence-corrected chi connectivity index (χ1v) is 7.56. The van der Waals surface area contributed by atoms with Crippen LogP contribution >= 0.6 is 24.1 Å². The predicted octanol–water partition coefficient (Wildman–Crippen LogP) is 3.65. The first kappa shape index (κ1) is 18.4. The molecule has 0 bridgehead atoms. The van der Waals surface area contributed by atoms with Gasteiger partial charge in [0.1, 0.15) is 12.3 Å². The van der Waals surface area contributed by atoms with Gasteiger partial charge in [-0.3, -0.25) is 0 Å². The first-order chi connectivity index (χ1) is 9.16. The predicted molar refractivity (Wildman–Crippen MR) is 86.6 cm³/mol. The molecule has 1 aromatic heterocycles. The summed E-state index contributed by atoms with van der Waals surface area (Å²) in [6, 6.07) is 0. The van der Waals surface area contributed by atoms with Crippen molar-refractivity contribution >= 4 is 24.1 Å². The van der Waals surface area contributed by atoms with Crippen LogP contribution in [-0.4, -0.2) is 36.7 Å². The molecular weight excluding hydrogens is 310 g/mol. The number of ether oxygens (including phenoxy) is 1. The van der Waals surface area contributed by atoms with E-state index in [2.05, 4.69) is 28.7 Å². The molecular formula is C14H24ClN3O2S. The molecule has 0 radical (unpaired) electrons. The number of hydroxylamine groups is 2. The summed E-state index contributed by atoms with van der Waals surface area (Å²) in [5.41, 5.74) is 1.12. The Labute approximate surface area is 136 Å². The van der Waals surface area contributed by atoms with E-state index in [9.17, 15) is 5.21 Å². The minimum absolute atomic E-state index is 0. The third-order valence-corrected chi connectivity index (χ3v) is 4.31. The second-order valence-corrected chi connectivity index (χ2v) is 7.12. The highest BCUT2D eigenvalue weighted by Gasteiger charge is 2.45. The molecule has 0 saturated carbocycles. The Hall–Kier alpha value is -0.690. The fraction of sp³-hybridized carbons (Fsp3) is 0.714. The molecule has 1 N–H and O–H groups in total. The van der Waals surface area contributed by atoms with Crippen LogP contribution in [0.4, 0.5) is 0 Å². The van der Waals surface area contributed by atoms with E-state index in [4.69, 9.17) is 4.74 Å². The Morgan fingerprint density at radius 2 is 1.90 bits per heavy atom. The summed E-state index contributed by atoms with van der Waals surface area (Å²) in [6.45, 7) is 12.5. The lowest BCUT2D eigenvalue weighted by Crippen LogP contribution is -2.48. The summed E-state index contributed by atoms with van der Waals surface area (Å²) in [7, 11) is 0. The summed E-state index contributed by atoms with van der Waals surface area (Å²) in [5, 5.41) is 11.6. The Morgan fingerprint density at radius 1 is 1.29 bits per heavy atom. The van der Waals surface area contributed by atoms with E-state index in [1.807, 2.05) is 27.7 Å². The van der Waals surface area contributed by atoms with Gasteiger partial charge in [0.05, 0.1) is 22.8 Å². The van der Waals surface area contributed by atoms with Crippen LogP contribution in [0, 0.1) is 0 Å².